The number of benzene rings is 2. The van der Waals surface area contributed by atoms with Gasteiger partial charge < -0.3 is 0 Å². The van der Waals surface area contributed by atoms with Crippen molar-refractivity contribution in [3.63, 3.8) is 0 Å². The Kier molecular flexibility index (Phi) is 5.53. The number of hydrogen-bond donors (Lipinski definition) is 1. The van der Waals surface area contributed by atoms with Crippen molar-refractivity contribution in [2.75, 3.05) is 0 Å². The Morgan fingerprint density at radius 2 is 1.90 bits per heavy atom. The van der Waals surface area contributed by atoms with Crippen molar-refractivity contribution in [3.05, 3.63) is 69.2 Å². The molecule has 5 heteroatoms. The molecule has 0 aliphatic rings. The van der Waals surface area contributed by atoms with Crippen LogP contribution >= 0.6 is 27.5 Å². The molecule has 0 atom stereocenters. The molecule has 0 saturated carbocycles. The third-order valence-electron chi connectivity index (χ3n) is 2.89. The zero-order valence-corrected chi connectivity index (χ0v) is 13.8. The van der Waals surface area contributed by atoms with E-state index in [-0.39, 0.29) is 5.91 Å². The molecule has 21 heavy (non-hydrogen) atoms. The third-order valence-corrected chi connectivity index (χ3v) is 3.66. The second-order valence-corrected chi connectivity index (χ2v) is 5.72. The fourth-order valence-electron chi connectivity index (χ4n) is 1.80. The average Bonchev–Trinajstić information content (AvgIpc) is 2.48. The fraction of sp³-hybridized carbons (Fsp3) is 0.125. The molecule has 2 rings (SSSR count). The van der Waals surface area contributed by atoms with E-state index in [0.717, 1.165) is 15.7 Å². The standard InChI is InChI=1S/C16H14BrClN2O/c1-2-15(12-4-3-5-14(18)10-12)19-20-16(21)11-6-8-13(17)9-7-11/h3-10H,2H2,1H3,(H,20,21). The Balaban J connectivity index is 2.14. The van der Waals surface area contributed by atoms with Gasteiger partial charge in [-0.15, -0.1) is 0 Å². The van der Waals surface area contributed by atoms with Crippen molar-refractivity contribution < 1.29 is 4.79 Å². The first-order chi connectivity index (χ1) is 10.1. The fourth-order valence-corrected chi connectivity index (χ4v) is 2.25. The molecule has 3 nitrogen and oxygen atoms in total. The van der Waals surface area contributed by atoms with Gasteiger partial charge in [0.05, 0.1) is 5.71 Å². The van der Waals surface area contributed by atoms with Crippen molar-refractivity contribution in [1.82, 2.24) is 5.43 Å². The Morgan fingerprint density at radius 3 is 2.52 bits per heavy atom. The van der Waals surface area contributed by atoms with E-state index in [9.17, 15) is 4.79 Å². The topological polar surface area (TPSA) is 41.5 Å². The van der Waals surface area contributed by atoms with Crippen LogP contribution < -0.4 is 5.43 Å². The smallest absolute Gasteiger partial charge is 0.267 e. The lowest BCUT2D eigenvalue weighted by Crippen LogP contribution is -2.19. The summed E-state index contributed by atoms with van der Waals surface area (Å²) in [6, 6.07) is 14.5. The lowest BCUT2D eigenvalue weighted by Gasteiger charge is -2.06. The van der Waals surface area contributed by atoms with Gasteiger partial charge in [0.1, 0.15) is 0 Å². The lowest BCUT2D eigenvalue weighted by atomic mass is 10.1. The Labute approximate surface area is 137 Å². The highest BCUT2D eigenvalue weighted by Gasteiger charge is 2.06. The van der Waals surface area contributed by atoms with Crippen LogP contribution in [0, 0.1) is 0 Å². The Bertz CT molecular complexity index is 668. The van der Waals surface area contributed by atoms with E-state index in [0.29, 0.717) is 17.0 Å². The zero-order valence-electron chi connectivity index (χ0n) is 11.4. The molecule has 0 saturated heterocycles. The maximum atomic E-state index is 12.0. The average molecular weight is 366 g/mol. The number of hydrogen-bond acceptors (Lipinski definition) is 2. The van der Waals surface area contributed by atoms with Gasteiger partial charge in [-0.3, -0.25) is 4.79 Å². The summed E-state index contributed by atoms with van der Waals surface area (Å²) in [5, 5.41) is 4.85. The van der Waals surface area contributed by atoms with E-state index < -0.39 is 0 Å². The van der Waals surface area contributed by atoms with E-state index in [4.69, 9.17) is 11.6 Å². The normalized spacial score (nSPS) is 11.3. The number of halogens is 2. The van der Waals surface area contributed by atoms with Crippen LogP contribution in [0.15, 0.2) is 58.1 Å². The summed E-state index contributed by atoms with van der Waals surface area (Å²) in [7, 11) is 0. The second kappa shape index (κ2) is 7.38. The highest BCUT2D eigenvalue weighted by Crippen LogP contribution is 2.13. The van der Waals surface area contributed by atoms with E-state index in [1.165, 1.54) is 0 Å². The van der Waals surface area contributed by atoms with Crippen molar-refractivity contribution in [2.45, 2.75) is 13.3 Å². The minimum Gasteiger partial charge on any atom is -0.267 e. The van der Waals surface area contributed by atoms with Gasteiger partial charge in [-0.25, -0.2) is 5.43 Å². The van der Waals surface area contributed by atoms with Crippen molar-refractivity contribution in [1.29, 1.82) is 0 Å². The molecule has 2 aromatic rings. The molecule has 108 valence electrons. The van der Waals surface area contributed by atoms with Crippen LogP contribution in [0.3, 0.4) is 0 Å². The number of carbonyl (C=O) groups is 1. The minimum absolute atomic E-state index is 0.240. The van der Waals surface area contributed by atoms with Gasteiger partial charge in [0, 0.05) is 15.1 Å². The number of rotatable bonds is 4. The Hall–Kier alpha value is -1.65. The lowest BCUT2D eigenvalue weighted by molar-refractivity contribution is 0.0955. The number of nitrogens with one attached hydrogen (secondary N) is 1. The van der Waals surface area contributed by atoms with Crippen molar-refractivity contribution >= 4 is 39.1 Å². The summed E-state index contributed by atoms with van der Waals surface area (Å²) in [4.78, 5) is 12.0. The molecule has 2 aromatic carbocycles. The molecule has 0 unspecified atom stereocenters. The first kappa shape index (κ1) is 15.7. The van der Waals surface area contributed by atoms with Crippen LogP contribution in [0.2, 0.25) is 5.02 Å². The summed E-state index contributed by atoms with van der Waals surface area (Å²) in [6.45, 7) is 1.98. The quantitative estimate of drug-likeness (QED) is 0.622. The van der Waals surface area contributed by atoms with Crippen molar-refractivity contribution in [2.24, 2.45) is 5.10 Å². The molecule has 0 aliphatic carbocycles. The summed E-state index contributed by atoms with van der Waals surface area (Å²) in [5.41, 5.74) is 4.82. The molecule has 0 fully saturated rings. The first-order valence-electron chi connectivity index (χ1n) is 6.48. The maximum absolute atomic E-state index is 12.0. The molecule has 0 spiro atoms. The summed E-state index contributed by atoms with van der Waals surface area (Å²) in [6.07, 6.45) is 0.695. The maximum Gasteiger partial charge on any atom is 0.271 e. The molecule has 0 bridgehead atoms. The molecule has 1 amide bonds. The van der Waals surface area contributed by atoms with Gasteiger partial charge in [-0.1, -0.05) is 46.6 Å². The van der Waals surface area contributed by atoms with Crippen LogP contribution in [0.1, 0.15) is 29.3 Å². The van der Waals surface area contributed by atoms with Crippen LogP contribution in [0.4, 0.5) is 0 Å². The van der Waals surface area contributed by atoms with E-state index in [1.807, 2.05) is 37.3 Å². The molecule has 0 radical (unpaired) electrons. The largest absolute Gasteiger partial charge is 0.271 e. The molecule has 0 heterocycles. The van der Waals surface area contributed by atoms with Gasteiger partial charge in [0.15, 0.2) is 0 Å². The summed E-state index contributed by atoms with van der Waals surface area (Å²) < 4.78 is 0.927. The third kappa shape index (κ3) is 4.41. The summed E-state index contributed by atoms with van der Waals surface area (Å²) >= 11 is 9.31. The highest BCUT2D eigenvalue weighted by atomic mass is 79.9. The molecule has 0 aliphatic heterocycles. The molecule has 1 N–H and O–H groups in total. The van der Waals surface area contributed by atoms with Crippen LogP contribution in [0.5, 0.6) is 0 Å². The zero-order chi connectivity index (χ0) is 15.2. The monoisotopic (exact) mass is 364 g/mol. The summed E-state index contributed by atoms with van der Waals surface area (Å²) in [5.74, 6) is -0.240. The number of hydrazone groups is 1. The van der Waals surface area contributed by atoms with Gasteiger partial charge in [-0.2, -0.15) is 5.10 Å². The molecule has 0 aromatic heterocycles. The number of carbonyl (C=O) groups excluding carboxylic acids is 1. The van der Waals surface area contributed by atoms with Crippen LogP contribution in [-0.2, 0) is 0 Å². The van der Waals surface area contributed by atoms with Crippen LogP contribution in [-0.4, -0.2) is 11.6 Å². The van der Waals surface area contributed by atoms with E-state index >= 15 is 0 Å². The molecular weight excluding hydrogens is 352 g/mol. The van der Waals surface area contributed by atoms with Gasteiger partial charge in [0.2, 0.25) is 0 Å². The van der Waals surface area contributed by atoms with E-state index in [1.54, 1.807) is 18.2 Å². The van der Waals surface area contributed by atoms with Gasteiger partial charge >= 0.3 is 0 Å². The second-order valence-electron chi connectivity index (χ2n) is 4.37. The number of nitrogens with zero attached hydrogens (tertiary/aromatic N) is 1. The molecular formula is C16H14BrClN2O. The predicted molar refractivity (Wildman–Crippen MR) is 89.9 cm³/mol. The first-order valence-corrected chi connectivity index (χ1v) is 7.65. The van der Waals surface area contributed by atoms with E-state index in [2.05, 4.69) is 26.5 Å². The predicted octanol–water partition coefficient (Wildman–Crippen LogP) is 4.65. The number of amides is 1. The highest BCUT2D eigenvalue weighted by molar-refractivity contribution is 9.10. The SMILES string of the molecule is CCC(=NNC(=O)c1ccc(Br)cc1)c1cccc(Cl)c1. The van der Waals surface area contributed by atoms with Crippen molar-refractivity contribution in [3.8, 4) is 0 Å². The van der Waals surface area contributed by atoms with Crippen LogP contribution in [0.25, 0.3) is 0 Å². The minimum atomic E-state index is -0.240. The van der Waals surface area contributed by atoms with Gasteiger partial charge in [0.25, 0.3) is 5.91 Å². The Morgan fingerprint density at radius 1 is 1.19 bits per heavy atom. The van der Waals surface area contributed by atoms with Gasteiger partial charge in [-0.05, 0) is 48.4 Å².